The lowest BCUT2D eigenvalue weighted by Crippen LogP contribution is -2.22. The van der Waals surface area contributed by atoms with E-state index in [0.29, 0.717) is 5.57 Å². The highest BCUT2D eigenvalue weighted by Crippen LogP contribution is 2.14. The smallest absolute Gasteiger partial charge is 0.333 e. The second-order valence-corrected chi connectivity index (χ2v) is 4.41. The SMILES string of the molecule is C=C(C)C(=O)OCCC(=O)OC(C)(C)Cl. The topological polar surface area (TPSA) is 52.6 Å². The summed E-state index contributed by atoms with van der Waals surface area (Å²) in [5.74, 6) is -1.03. The molecule has 0 aromatic carbocycles. The molecule has 0 aliphatic heterocycles. The van der Waals surface area contributed by atoms with E-state index in [1.165, 1.54) is 6.92 Å². The molecule has 0 spiro atoms. The fourth-order valence-electron chi connectivity index (χ4n) is 0.672. The van der Waals surface area contributed by atoms with Gasteiger partial charge in [-0.1, -0.05) is 18.2 Å². The lowest BCUT2D eigenvalue weighted by molar-refractivity contribution is -0.152. The van der Waals surface area contributed by atoms with Crippen LogP contribution in [-0.2, 0) is 19.1 Å². The van der Waals surface area contributed by atoms with Crippen LogP contribution < -0.4 is 0 Å². The molecule has 86 valence electrons. The molecule has 0 aromatic heterocycles. The van der Waals surface area contributed by atoms with Crippen LogP contribution in [0.4, 0.5) is 0 Å². The van der Waals surface area contributed by atoms with Gasteiger partial charge in [0, 0.05) is 5.57 Å². The summed E-state index contributed by atoms with van der Waals surface area (Å²) in [6.07, 6.45) is -0.0187. The maximum atomic E-state index is 11.1. The average molecular weight is 235 g/mol. The zero-order chi connectivity index (χ0) is 12.1. The molecule has 0 amide bonds. The Morgan fingerprint density at radius 1 is 1.40 bits per heavy atom. The highest BCUT2D eigenvalue weighted by Gasteiger charge is 2.18. The van der Waals surface area contributed by atoms with Gasteiger partial charge < -0.3 is 9.47 Å². The number of alkyl halides is 1. The van der Waals surface area contributed by atoms with E-state index < -0.39 is 17.0 Å². The van der Waals surface area contributed by atoms with E-state index in [1.807, 2.05) is 0 Å². The first-order valence-electron chi connectivity index (χ1n) is 4.46. The summed E-state index contributed by atoms with van der Waals surface area (Å²) >= 11 is 5.66. The van der Waals surface area contributed by atoms with Crippen molar-refractivity contribution < 1.29 is 19.1 Å². The number of hydrogen-bond acceptors (Lipinski definition) is 4. The maximum absolute atomic E-state index is 11.1. The lowest BCUT2D eigenvalue weighted by Gasteiger charge is -2.16. The molecule has 4 nitrogen and oxygen atoms in total. The molecule has 0 aliphatic rings. The maximum Gasteiger partial charge on any atom is 0.333 e. The summed E-state index contributed by atoms with van der Waals surface area (Å²) in [6.45, 7) is 8.00. The standard InChI is InChI=1S/C10H15ClO4/c1-7(2)9(13)14-6-5-8(12)15-10(3,4)11/h1,5-6H2,2-4H3. The zero-order valence-corrected chi connectivity index (χ0v) is 9.89. The average Bonchev–Trinajstić information content (AvgIpc) is 2.00. The third-order valence-corrected chi connectivity index (χ3v) is 1.32. The predicted molar refractivity (Wildman–Crippen MR) is 56.4 cm³/mol. The van der Waals surface area contributed by atoms with Crippen LogP contribution in [0.15, 0.2) is 12.2 Å². The first-order chi connectivity index (χ1) is 6.72. The van der Waals surface area contributed by atoms with Gasteiger partial charge in [0.2, 0.25) is 0 Å². The van der Waals surface area contributed by atoms with Gasteiger partial charge in [-0.3, -0.25) is 4.79 Å². The quantitative estimate of drug-likeness (QED) is 0.415. The molecule has 0 bridgehead atoms. The normalized spacial score (nSPS) is 10.7. The van der Waals surface area contributed by atoms with Crippen molar-refractivity contribution in [3.05, 3.63) is 12.2 Å². The van der Waals surface area contributed by atoms with Crippen molar-refractivity contribution >= 4 is 23.5 Å². The number of carbonyl (C=O) groups excluding carboxylic acids is 2. The first-order valence-corrected chi connectivity index (χ1v) is 4.83. The Morgan fingerprint density at radius 3 is 2.33 bits per heavy atom. The highest BCUT2D eigenvalue weighted by atomic mass is 35.5. The number of esters is 2. The van der Waals surface area contributed by atoms with Gasteiger partial charge in [0.25, 0.3) is 0 Å². The largest absolute Gasteiger partial charge is 0.462 e. The predicted octanol–water partition coefficient (Wildman–Crippen LogP) is 2.01. The van der Waals surface area contributed by atoms with Gasteiger partial charge >= 0.3 is 11.9 Å². The van der Waals surface area contributed by atoms with Gasteiger partial charge in [0.15, 0.2) is 5.06 Å². The van der Waals surface area contributed by atoms with E-state index in [4.69, 9.17) is 21.1 Å². The van der Waals surface area contributed by atoms with Crippen LogP contribution in [0.3, 0.4) is 0 Å². The zero-order valence-electron chi connectivity index (χ0n) is 9.13. The van der Waals surface area contributed by atoms with Crippen molar-refractivity contribution in [1.82, 2.24) is 0 Å². The minimum atomic E-state index is -1.03. The molecule has 0 fully saturated rings. The van der Waals surface area contributed by atoms with E-state index in [2.05, 4.69) is 6.58 Å². The summed E-state index contributed by atoms with van der Waals surface area (Å²) in [5.41, 5.74) is 0.293. The number of halogens is 1. The number of ether oxygens (including phenoxy) is 2. The van der Waals surface area contributed by atoms with Crippen LogP contribution >= 0.6 is 11.6 Å². The lowest BCUT2D eigenvalue weighted by atomic mass is 10.3. The van der Waals surface area contributed by atoms with Crippen molar-refractivity contribution in [3.8, 4) is 0 Å². The fourth-order valence-corrected chi connectivity index (χ4v) is 0.758. The minimum absolute atomic E-state index is 0.0187. The molecule has 0 radical (unpaired) electrons. The molecule has 0 saturated heterocycles. The molecule has 0 aliphatic carbocycles. The Kier molecular flexibility index (Phi) is 5.36. The van der Waals surface area contributed by atoms with Gasteiger partial charge in [0.1, 0.15) is 6.61 Å². The monoisotopic (exact) mass is 234 g/mol. The Morgan fingerprint density at radius 2 is 1.93 bits per heavy atom. The van der Waals surface area contributed by atoms with Gasteiger partial charge in [-0.15, -0.1) is 0 Å². The summed E-state index contributed by atoms with van der Waals surface area (Å²) in [5, 5.41) is -1.03. The van der Waals surface area contributed by atoms with Crippen LogP contribution in [0.2, 0.25) is 0 Å². The summed E-state index contributed by atoms with van der Waals surface area (Å²) < 4.78 is 9.50. The molecule has 15 heavy (non-hydrogen) atoms. The first kappa shape index (κ1) is 14.0. The molecule has 0 heterocycles. The van der Waals surface area contributed by atoms with E-state index in [1.54, 1.807) is 13.8 Å². The van der Waals surface area contributed by atoms with Crippen molar-refractivity contribution in [1.29, 1.82) is 0 Å². The molecule has 0 saturated carbocycles. The summed E-state index contributed by atoms with van der Waals surface area (Å²) in [6, 6.07) is 0. The number of carbonyl (C=O) groups is 2. The van der Waals surface area contributed by atoms with Crippen LogP contribution in [0.25, 0.3) is 0 Å². The second-order valence-electron chi connectivity index (χ2n) is 3.50. The van der Waals surface area contributed by atoms with Crippen LogP contribution in [0, 0.1) is 0 Å². The second kappa shape index (κ2) is 5.75. The van der Waals surface area contributed by atoms with Gasteiger partial charge in [-0.2, -0.15) is 0 Å². The molecule has 0 unspecified atom stereocenters. The Labute approximate surface area is 94.2 Å². The van der Waals surface area contributed by atoms with Crippen molar-refractivity contribution in [2.75, 3.05) is 6.61 Å². The van der Waals surface area contributed by atoms with E-state index >= 15 is 0 Å². The van der Waals surface area contributed by atoms with Crippen molar-refractivity contribution in [2.45, 2.75) is 32.3 Å². The van der Waals surface area contributed by atoms with Crippen molar-refractivity contribution in [2.24, 2.45) is 0 Å². The third-order valence-electron chi connectivity index (χ3n) is 1.24. The van der Waals surface area contributed by atoms with E-state index in [0.717, 1.165) is 0 Å². The molecular weight excluding hydrogens is 220 g/mol. The van der Waals surface area contributed by atoms with Gasteiger partial charge in [0.05, 0.1) is 6.42 Å². The highest BCUT2D eigenvalue weighted by molar-refractivity contribution is 6.22. The Balaban J connectivity index is 3.74. The molecule has 0 rings (SSSR count). The minimum Gasteiger partial charge on any atom is -0.462 e. The summed E-state index contributed by atoms with van der Waals surface area (Å²) in [7, 11) is 0. The number of hydrogen-bond donors (Lipinski definition) is 0. The Hall–Kier alpha value is -1.03. The van der Waals surface area contributed by atoms with Gasteiger partial charge in [-0.25, -0.2) is 4.79 Å². The molecule has 5 heteroatoms. The summed E-state index contributed by atoms with van der Waals surface area (Å²) in [4.78, 5) is 22.0. The van der Waals surface area contributed by atoms with Crippen molar-refractivity contribution in [3.63, 3.8) is 0 Å². The van der Waals surface area contributed by atoms with E-state index in [9.17, 15) is 9.59 Å². The fraction of sp³-hybridized carbons (Fsp3) is 0.600. The van der Waals surface area contributed by atoms with Crippen LogP contribution in [0.1, 0.15) is 27.2 Å². The third kappa shape index (κ3) is 8.00. The van der Waals surface area contributed by atoms with Crippen LogP contribution in [0.5, 0.6) is 0 Å². The molecular formula is C10H15ClO4. The number of rotatable bonds is 5. The Bertz CT molecular complexity index is 265. The molecule has 0 N–H and O–H groups in total. The molecule has 0 aromatic rings. The molecule has 0 atom stereocenters. The van der Waals surface area contributed by atoms with E-state index in [-0.39, 0.29) is 13.0 Å². The van der Waals surface area contributed by atoms with Crippen LogP contribution in [-0.4, -0.2) is 23.6 Å². The van der Waals surface area contributed by atoms with Gasteiger partial charge in [-0.05, 0) is 20.8 Å².